The van der Waals surface area contributed by atoms with Crippen molar-refractivity contribution in [2.45, 2.75) is 0 Å². The zero-order chi connectivity index (χ0) is 15.2. The lowest BCUT2D eigenvalue weighted by molar-refractivity contribution is -0.128. The third kappa shape index (κ3) is 4.66. The van der Waals surface area contributed by atoms with Gasteiger partial charge in [-0.1, -0.05) is 24.4 Å². The van der Waals surface area contributed by atoms with E-state index in [9.17, 15) is 4.79 Å². The van der Waals surface area contributed by atoms with Gasteiger partial charge in [0.2, 0.25) is 0 Å². The third-order valence-electron chi connectivity index (χ3n) is 3.30. The van der Waals surface area contributed by atoms with Gasteiger partial charge >= 0.3 is 0 Å². The van der Waals surface area contributed by atoms with Gasteiger partial charge in [-0.05, 0) is 19.2 Å². The van der Waals surface area contributed by atoms with E-state index in [0.29, 0.717) is 11.3 Å². The van der Waals surface area contributed by atoms with Crippen LogP contribution in [0, 0.1) is 0 Å². The smallest absolute Gasteiger partial charge is 0.272 e. The van der Waals surface area contributed by atoms with Crippen molar-refractivity contribution in [3.8, 4) is 5.75 Å². The largest absolute Gasteiger partial charge is 0.483 e. The molecule has 1 fully saturated rings. The lowest BCUT2D eigenvalue weighted by Gasteiger charge is -2.32. The summed E-state index contributed by atoms with van der Waals surface area (Å²) in [4.78, 5) is 14.4. The zero-order valence-electron chi connectivity index (χ0n) is 12.0. The summed E-state index contributed by atoms with van der Waals surface area (Å²) in [6, 6.07) is 7.16. The molecule has 114 valence electrons. The van der Waals surface area contributed by atoms with E-state index in [1.165, 1.54) is 0 Å². The number of likely N-dealkylation sites (N-methyl/N-ethyl adjacent to an activating group) is 1. The number of rotatable bonds is 5. The molecule has 0 spiro atoms. The quantitative estimate of drug-likeness (QED) is 0.745. The second kappa shape index (κ2) is 7.35. The summed E-state index contributed by atoms with van der Waals surface area (Å²) < 4.78 is 5.51. The predicted molar refractivity (Wildman–Crippen MR) is 85.0 cm³/mol. The minimum atomic E-state index is -0.183. The summed E-state index contributed by atoms with van der Waals surface area (Å²) in [6.07, 6.45) is 0. The summed E-state index contributed by atoms with van der Waals surface area (Å²) in [6.45, 7) is 3.43. The number of nitrogens with zero attached hydrogens (tertiary/aromatic N) is 2. The molecule has 0 aromatic heterocycles. The summed E-state index contributed by atoms with van der Waals surface area (Å²) >= 11 is 4.96. The first-order valence-corrected chi connectivity index (χ1v) is 7.21. The summed E-state index contributed by atoms with van der Waals surface area (Å²) in [5.41, 5.74) is 9.10. The molecule has 0 atom stereocenters. The molecule has 1 amide bonds. The highest BCUT2D eigenvalue weighted by molar-refractivity contribution is 7.80. The fraction of sp³-hybridized carbons (Fsp3) is 0.429. The molecule has 1 aromatic carbocycles. The van der Waals surface area contributed by atoms with E-state index in [4.69, 9.17) is 22.7 Å². The van der Waals surface area contributed by atoms with Crippen molar-refractivity contribution in [2.75, 3.05) is 39.8 Å². The van der Waals surface area contributed by atoms with E-state index in [0.717, 1.165) is 26.2 Å². The van der Waals surface area contributed by atoms with Crippen LogP contribution in [0.1, 0.15) is 5.56 Å². The highest BCUT2D eigenvalue weighted by Gasteiger charge is 2.16. The van der Waals surface area contributed by atoms with Gasteiger partial charge in [0.05, 0.1) is 5.56 Å². The molecule has 3 N–H and O–H groups in total. The Morgan fingerprint density at radius 2 is 2.00 bits per heavy atom. The lowest BCUT2D eigenvalue weighted by atomic mass is 10.2. The summed E-state index contributed by atoms with van der Waals surface area (Å²) in [7, 11) is 2.06. The fourth-order valence-electron chi connectivity index (χ4n) is 2.07. The molecule has 1 aliphatic heterocycles. The van der Waals surface area contributed by atoms with E-state index >= 15 is 0 Å². The van der Waals surface area contributed by atoms with Gasteiger partial charge in [0.1, 0.15) is 10.7 Å². The van der Waals surface area contributed by atoms with Crippen LogP contribution in [0.2, 0.25) is 0 Å². The van der Waals surface area contributed by atoms with Crippen molar-refractivity contribution in [1.29, 1.82) is 0 Å². The van der Waals surface area contributed by atoms with E-state index < -0.39 is 0 Å². The first kappa shape index (κ1) is 15.7. The fourth-order valence-corrected chi connectivity index (χ4v) is 2.23. The van der Waals surface area contributed by atoms with Crippen LogP contribution in [0.4, 0.5) is 0 Å². The molecule has 21 heavy (non-hydrogen) atoms. The molecule has 0 unspecified atom stereocenters. The Morgan fingerprint density at radius 3 is 2.67 bits per heavy atom. The molecule has 6 nitrogen and oxygen atoms in total. The van der Waals surface area contributed by atoms with E-state index in [1.807, 2.05) is 17.1 Å². The van der Waals surface area contributed by atoms with Crippen molar-refractivity contribution in [2.24, 2.45) is 5.73 Å². The van der Waals surface area contributed by atoms with Crippen molar-refractivity contribution >= 4 is 23.1 Å². The molecule has 1 heterocycles. The molecule has 1 saturated heterocycles. The number of piperazine rings is 1. The van der Waals surface area contributed by atoms with Crippen LogP contribution in [0.25, 0.3) is 0 Å². The molecular formula is C14H20N4O2S. The van der Waals surface area contributed by atoms with Crippen LogP contribution >= 0.6 is 12.2 Å². The average Bonchev–Trinajstić information content (AvgIpc) is 2.48. The second-order valence-corrected chi connectivity index (χ2v) is 5.41. The van der Waals surface area contributed by atoms with Crippen LogP contribution in [0.15, 0.2) is 24.3 Å². The van der Waals surface area contributed by atoms with Crippen LogP contribution in [0.3, 0.4) is 0 Å². The molecule has 7 heteroatoms. The van der Waals surface area contributed by atoms with Gasteiger partial charge in [0.15, 0.2) is 6.61 Å². The molecule has 0 bridgehead atoms. The molecule has 2 rings (SSSR count). The number of carbonyl (C=O) groups excluding carboxylic acids is 1. The number of ether oxygens (including phenoxy) is 1. The Hall–Kier alpha value is -1.70. The van der Waals surface area contributed by atoms with Gasteiger partial charge in [-0.3, -0.25) is 10.2 Å². The summed E-state index contributed by atoms with van der Waals surface area (Å²) in [5, 5.41) is 1.91. The number of nitrogens with two attached hydrogens (primary N) is 1. The van der Waals surface area contributed by atoms with Gasteiger partial charge in [-0.2, -0.15) is 0 Å². The Morgan fingerprint density at radius 1 is 1.33 bits per heavy atom. The number of nitrogens with one attached hydrogen (secondary N) is 1. The van der Waals surface area contributed by atoms with Gasteiger partial charge in [0, 0.05) is 26.2 Å². The zero-order valence-corrected chi connectivity index (χ0v) is 12.9. The molecular weight excluding hydrogens is 288 g/mol. The second-order valence-electron chi connectivity index (χ2n) is 4.97. The van der Waals surface area contributed by atoms with Crippen LogP contribution in [-0.2, 0) is 4.79 Å². The summed E-state index contributed by atoms with van der Waals surface area (Å²) in [5.74, 6) is 0.343. The predicted octanol–water partition coefficient (Wildman–Crippen LogP) is -0.0218. The topological polar surface area (TPSA) is 70.8 Å². The number of carbonyl (C=O) groups is 1. The van der Waals surface area contributed by atoms with E-state index in [1.54, 1.807) is 12.1 Å². The maximum Gasteiger partial charge on any atom is 0.272 e. The molecule has 1 aliphatic rings. The highest BCUT2D eigenvalue weighted by Crippen LogP contribution is 2.17. The van der Waals surface area contributed by atoms with E-state index in [2.05, 4.69) is 17.4 Å². The number of hydrogen-bond acceptors (Lipinski definition) is 5. The third-order valence-corrected chi connectivity index (χ3v) is 3.52. The average molecular weight is 308 g/mol. The first-order chi connectivity index (χ1) is 10.1. The van der Waals surface area contributed by atoms with Crippen LogP contribution < -0.4 is 15.9 Å². The number of thiocarbonyl (C=S) groups is 1. The minimum Gasteiger partial charge on any atom is -0.483 e. The lowest BCUT2D eigenvalue weighted by Crippen LogP contribution is -2.53. The van der Waals surface area contributed by atoms with Crippen molar-refractivity contribution in [1.82, 2.24) is 15.3 Å². The van der Waals surface area contributed by atoms with Crippen molar-refractivity contribution < 1.29 is 9.53 Å². The van der Waals surface area contributed by atoms with E-state index in [-0.39, 0.29) is 17.5 Å². The van der Waals surface area contributed by atoms with Crippen molar-refractivity contribution in [3.05, 3.63) is 29.8 Å². The number of para-hydroxylation sites is 1. The maximum absolute atomic E-state index is 11.9. The monoisotopic (exact) mass is 308 g/mol. The van der Waals surface area contributed by atoms with Crippen LogP contribution in [-0.4, -0.2) is 60.6 Å². The Bertz CT molecular complexity index is 515. The first-order valence-electron chi connectivity index (χ1n) is 6.81. The number of hydrogen-bond donors (Lipinski definition) is 2. The molecule has 0 aliphatic carbocycles. The van der Waals surface area contributed by atoms with Crippen molar-refractivity contribution in [3.63, 3.8) is 0 Å². The maximum atomic E-state index is 11.9. The van der Waals surface area contributed by atoms with Gasteiger partial charge in [-0.25, -0.2) is 5.01 Å². The highest BCUT2D eigenvalue weighted by atomic mass is 32.1. The Labute approximate surface area is 129 Å². The number of amides is 1. The van der Waals surface area contributed by atoms with Crippen LogP contribution in [0.5, 0.6) is 5.75 Å². The molecule has 0 saturated carbocycles. The standard InChI is InChI=1S/C14H20N4O2S/c1-17-6-8-18(9-7-17)16-13(19)10-20-12-5-3-2-4-11(12)14(15)21/h2-5H,6-10H2,1H3,(H2,15,21)(H,16,19). The Kier molecular flexibility index (Phi) is 5.49. The molecule has 1 aromatic rings. The van der Waals surface area contributed by atoms with Gasteiger partial charge < -0.3 is 15.4 Å². The van der Waals surface area contributed by atoms with Gasteiger partial charge in [0.25, 0.3) is 5.91 Å². The number of hydrazine groups is 1. The van der Waals surface area contributed by atoms with Gasteiger partial charge in [-0.15, -0.1) is 0 Å². The minimum absolute atomic E-state index is 0.0635. The number of benzene rings is 1. The normalized spacial score (nSPS) is 16.4. The molecule has 0 radical (unpaired) electrons. The Balaban J connectivity index is 1.83. The SMILES string of the molecule is CN1CCN(NC(=O)COc2ccccc2C(N)=S)CC1.